The van der Waals surface area contributed by atoms with Gasteiger partial charge in [0.05, 0.1) is 42.7 Å². The number of methoxy groups -OCH3 is 1. The highest BCUT2D eigenvalue weighted by Gasteiger charge is 2.41. The van der Waals surface area contributed by atoms with Gasteiger partial charge in [0, 0.05) is 6.42 Å². The van der Waals surface area contributed by atoms with Gasteiger partial charge in [0.2, 0.25) is 0 Å². The number of aryl methyl sites for hydroxylation is 2. The minimum Gasteiger partial charge on any atom is -0.464 e. The van der Waals surface area contributed by atoms with Crippen molar-refractivity contribution in [3.05, 3.63) is 88.5 Å². The zero-order valence-corrected chi connectivity index (χ0v) is 21.2. The van der Waals surface area contributed by atoms with Crippen LogP contribution in [0.2, 0.25) is 0 Å². The first-order chi connectivity index (χ1) is 18.3. The number of nitriles is 1. The van der Waals surface area contributed by atoms with Gasteiger partial charge in [-0.15, -0.1) is 0 Å². The van der Waals surface area contributed by atoms with Crippen molar-refractivity contribution in [2.24, 2.45) is 0 Å². The van der Waals surface area contributed by atoms with Gasteiger partial charge in [0.25, 0.3) is 0 Å². The Hall–Kier alpha value is -4.49. The Morgan fingerprint density at radius 1 is 1.00 bits per heavy atom. The van der Waals surface area contributed by atoms with Crippen molar-refractivity contribution in [3.8, 4) is 6.07 Å². The zero-order chi connectivity index (χ0) is 27.2. The summed E-state index contributed by atoms with van der Waals surface area (Å²) in [5.74, 6) is -1.79. The molecule has 0 N–H and O–H groups in total. The van der Waals surface area contributed by atoms with Crippen LogP contribution in [0.1, 0.15) is 60.7 Å². The molecule has 1 aliphatic heterocycles. The lowest BCUT2D eigenvalue weighted by molar-refractivity contribution is -0.0577. The summed E-state index contributed by atoms with van der Waals surface area (Å²) in [6, 6.07) is 15.8. The minimum absolute atomic E-state index is 0.0694. The zero-order valence-electron chi connectivity index (χ0n) is 21.2. The van der Waals surface area contributed by atoms with Crippen molar-refractivity contribution >= 4 is 17.9 Å². The number of esters is 3. The number of carbonyl (C=O) groups is 3. The van der Waals surface area contributed by atoms with E-state index in [2.05, 4.69) is 4.98 Å². The molecule has 196 valence electrons. The molecule has 0 saturated carbocycles. The van der Waals surface area contributed by atoms with Gasteiger partial charge in [-0.1, -0.05) is 35.4 Å². The molecule has 1 aromatic heterocycles. The molecular formula is C28H27N3O7. The van der Waals surface area contributed by atoms with Gasteiger partial charge < -0.3 is 18.9 Å². The highest BCUT2D eigenvalue weighted by Crippen LogP contribution is 2.33. The van der Waals surface area contributed by atoms with E-state index in [1.165, 1.54) is 18.0 Å². The SMILES string of the molecule is COC(=O)c1c(CC#N)ncn1C1CC(OC(=O)c2ccc(C)cc2)C(COC(=O)c2ccc(C)cc2)O1. The quantitative estimate of drug-likeness (QED) is 0.324. The molecule has 3 unspecified atom stereocenters. The Bertz CT molecular complexity index is 1360. The molecule has 1 fully saturated rings. The summed E-state index contributed by atoms with van der Waals surface area (Å²) in [5.41, 5.74) is 3.05. The first-order valence-electron chi connectivity index (χ1n) is 12.0. The summed E-state index contributed by atoms with van der Waals surface area (Å²) in [7, 11) is 1.23. The van der Waals surface area contributed by atoms with Crippen molar-refractivity contribution in [2.45, 2.75) is 45.1 Å². The summed E-state index contributed by atoms with van der Waals surface area (Å²) in [6.45, 7) is 3.63. The second kappa shape index (κ2) is 11.7. The van der Waals surface area contributed by atoms with Crippen molar-refractivity contribution < 1.29 is 33.3 Å². The molecule has 2 aromatic carbocycles. The number of imidazole rings is 1. The largest absolute Gasteiger partial charge is 0.464 e. The van der Waals surface area contributed by atoms with E-state index in [4.69, 9.17) is 24.2 Å². The maximum Gasteiger partial charge on any atom is 0.356 e. The Morgan fingerprint density at radius 3 is 2.18 bits per heavy atom. The molecule has 4 rings (SSSR count). The summed E-state index contributed by atoms with van der Waals surface area (Å²) in [5, 5.41) is 9.12. The van der Waals surface area contributed by atoms with Crippen LogP contribution in [-0.2, 0) is 25.4 Å². The molecule has 0 bridgehead atoms. The highest BCUT2D eigenvalue weighted by atomic mass is 16.6. The van der Waals surface area contributed by atoms with Gasteiger partial charge in [0.15, 0.2) is 5.69 Å². The Balaban J connectivity index is 1.56. The topological polar surface area (TPSA) is 130 Å². The fourth-order valence-electron chi connectivity index (χ4n) is 4.11. The minimum atomic E-state index is -0.823. The van der Waals surface area contributed by atoms with E-state index in [0.29, 0.717) is 11.1 Å². The fraction of sp³-hybridized carbons (Fsp3) is 0.321. The van der Waals surface area contributed by atoms with Gasteiger partial charge in [-0.05, 0) is 38.1 Å². The maximum atomic E-state index is 12.9. The number of hydrogen-bond donors (Lipinski definition) is 0. The summed E-state index contributed by atoms with van der Waals surface area (Å²) < 4.78 is 23.7. The number of carbonyl (C=O) groups excluding carboxylic acids is 3. The molecule has 0 amide bonds. The smallest absolute Gasteiger partial charge is 0.356 e. The van der Waals surface area contributed by atoms with Gasteiger partial charge in [0.1, 0.15) is 25.0 Å². The van der Waals surface area contributed by atoms with Gasteiger partial charge in [-0.25, -0.2) is 19.4 Å². The number of hydrogen-bond acceptors (Lipinski definition) is 9. The lowest BCUT2D eigenvalue weighted by atomic mass is 10.1. The average molecular weight is 518 g/mol. The number of benzene rings is 2. The first kappa shape index (κ1) is 26.6. The normalized spacial score (nSPS) is 18.4. The number of rotatable bonds is 8. The maximum absolute atomic E-state index is 12.9. The van der Waals surface area contributed by atoms with E-state index in [1.807, 2.05) is 19.9 Å². The monoisotopic (exact) mass is 517 g/mol. The highest BCUT2D eigenvalue weighted by molar-refractivity contribution is 5.90. The molecule has 38 heavy (non-hydrogen) atoms. The second-order valence-corrected chi connectivity index (χ2v) is 8.91. The molecule has 0 radical (unpaired) electrons. The summed E-state index contributed by atoms with van der Waals surface area (Å²) >= 11 is 0. The van der Waals surface area contributed by atoms with Crippen molar-refractivity contribution in [3.63, 3.8) is 0 Å². The molecule has 1 aliphatic rings. The molecule has 0 spiro atoms. The van der Waals surface area contributed by atoms with E-state index >= 15 is 0 Å². The lowest BCUT2D eigenvalue weighted by Gasteiger charge is -2.19. The van der Waals surface area contributed by atoms with Gasteiger partial charge in [-0.3, -0.25) is 4.57 Å². The van der Waals surface area contributed by atoms with Crippen LogP contribution in [0, 0.1) is 25.2 Å². The van der Waals surface area contributed by atoms with Crippen LogP contribution in [0.25, 0.3) is 0 Å². The van der Waals surface area contributed by atoms with E-state index in [-0.39, 0.29) is 30.8 Å². The molecule has 3 aromatic rings. The van der Waals surface area contributed by atoms with Crippen LogP contribution in [0.5, 0.6) is 0 Å². The van der Waals surface area contributed by atoms with Gasteiger partial charge in [-0.2, -0.15) is 5.26 Å². The molecular weight excluding hydrogens is 490 g/mol. The van der Waals surface area contributed by atoms with Crippen molar-refractivity contribution in [1.29, 1.82) is 5.26 Å². The van der Waals surface area contributed by atoms with Crippen LogP contribution in [0.4, 0.5) is 0 Å². The first-order valence-corrected chi connectivity index (χ1v) is 12.0. The molecule has 3 atom stereocenters. The Labute approximate surface area is 219 Å². The predicted octanol–water partition coefficient (Wildman–Crippen LogP) is 3.72. The van der Waals surface area contributed by atoms with E-state index in [9.17, 15) is 14.4 Å². The molecule has 10 nitrogen and oxygen atoms in total. The standard InChI is InChI=1S/C28H27N3O7/c1-17-4-8-19(9-5-17)26(32)36-15-23-22(38-27(33)20-10-6-18(2)7-11-20)14-24(37-23)31-16-30-21(12-13-29)25(31)28(34)35-3/h4-11,16,22-24H,12,14-15H2,1-3H3. The number of nitrogens with zero attached hydrogens (tertiary/aromatic N) is 3. The third-order valence-electron chi connectivity index (χ3n) is 6.20. The van der Waals surface area contributed by atoms with Crippen LogP contribution < -0.4 is 0 Å². The van der Waals surface area contributed by atoms with E-state index < -0.39 is 36.3 Å². The van der Waals surface area contributed by atoms with Crippen molar-refractivity contribution in [2.75, 3.05) is 13.7 Å². The van der Waals surface area contributed by atoms with Crippen LogP contribution in [0.15, 0.2) is 54.9 Å². The lowest BCUT2D eigenvalue weighted by Crippen LogP contribution is -2.32. The summed E-state index contributed by atoms with van der Waals surface area (Å²) in [6.07, 6.45) is -0.987. The molecule has 10 heteroatoms. The predicted molar refractivity (Wildman–Crippen MR) is 133 cm³/mol. The summed E-state index contributed by atoms with van der Waals surface area (Å²) in [4.78, 5) is 42.2. The molecule has 1 saturated heterocycles. The fourth-order valence-corrected chi connectivity index (χ4v) is 4.11. The number of aromatic nitrogens is 2. The van der Waals surface area contributed by atoms with Crippen molar-refractivity contribution in [1.82, 2.24) is 9.55 Å². The average Bonchev–Trinajstić information content (AvgIpc) is 3.51. The third-order valence-corrected chi connectivity index (χ3v) is 6.20. The third kappa shape index (κ3) is 5.90. The van der Waals surface area contributed by atoms with E-state index in [1.54, 1.807) is 48.5 Å². The second-order valence-electron chi connectivity index (χ2n) is 8.91. The molecule has 0 aliphatic carbocycles. The Morgan fingerprint density at radius 2 is 1.61 bits per heavy atom. The molecule has 2 heterocycles. The van der Waals surface area contributed by atoms with Gasteiger partial charge >= 0.3 is 17.9 Å². The van der Waals surface area contributed by atoms with Crippen LogP contribution in [0.3, 0.4) is 0 Å². The Kier molecular flexibility index (Phi) is 8.19. The van der Waals surface area contributed by atoms with E-state index in [0.717, 1.165) is 11.1 Å². The number of ether oxygens (including phenoxy) is 4. The van der Waals surface area contributed by atoms with Crippen LogP contribution >= 0.6 is 0 Å². The van der Waals surface area contributed by atoms with Crippen LogP contribution in [-0.4, -0.2) is 53.4 Å².